The molecule has 0 aliphatic rings. The molecule has 0 aromatic carbocycles. The molecule has 0 fully saturated rings. The van der Waals surface area contributed by atoms with E-state index in [0.29, 0.717) is 6.61 Å². The average Bonchev–Trinajstić information content (AvgIpc) is 1.85. The van der Waals surface area contributed by atoms with E-state index < -0.39 is 12.1 Å². The molecular formula is C7H12O3. The molecule has 0 rings (SSSR count). The maximum Gasteiger partial charge on any atom is 0.330 e. The van der Waals surface area contributed by atoms with Gasteiger partial charge in [-0.25, -0.2) is 4.79 Å². The number of esters is 1. The number of hydrogen-bond donors (Lipinski definition) is 1. The van der Waals surface area contributed by atoms with Crippen LogP contribution in [0.2, 0.25) is 0 Å². The van der Waals surface area contributed by atoms with Crippen molar-refractivity contribution in [2.24, 2.45) is 0 Å². The van der Waals surface area contributed by atoms with Crippen LogP contribution in [0.15, 0.2) is 12.2 Å². The molecule has 0 bridgehead atoms. The lowest BCUT2D eigenvalue weighted by atomic mass is 10.3. The molecule has 10 heavy (non-hydrogen) atoms. The van der Waals surface area contributed by atoms with Gasteiger partial charge in [-0.05, 0) is 19.9 Å². The first-order valence-electron chi connectivity index (χ1n) is 3.19. The van der Waals surface area contributed by atoms with Crippen LogP contribution in [0.3, 0.4) is 0 Å². The summed E-state index contributed by atoms with van der Waals surface area (Å²) in [5, 5.41) is 8.67. The zero-order chi connectivity index (χ0) is 7.98. The van der Waals surface area contributed by atoms with Crippen LogP contribution in [0.5, 0.6) is 0 Å². The molecule has 1 atom stereocenters. The van der Waals surface area contributed by atoms with Crippen LogP contribution < -0.4 is 0 Å². The molecule has 1 unspecified atom stereocenters. The third-order valence-electron chi connectivity index (χ3n) is 0.797. The van der Waals surface area contributed by atoms with Gasteiger partial charge in [0.25, 0.3) is 0 Å². The SMILES string of the molecule is CCOC(=O)/C=C\C(C)O. The zero-order valence-electron chi connectivity index (χ0n) is 6.20. The molecule has 3 heteroatoms. The van der Waals surface area contributed by atoms with Crippen molar-refractivity contribution in [2.75, 3.05) is 6.61 Å². The summed E-state index contributed by atoms with van der Waals surface area (Å²) in [6.45, 7) is 3.66. The standard InChI is InChI=1S/C7H12O3/c1-3-10-7(9)5-4-6(2)8/h4-6,8H,3H2,1-2H3/b5-4-. The summed E-state index contributed by atoms with van der Waals surface area (Å²) < 4.78 is 4.56. The van der Waals surface area contributed by atoms with E-state index in [1.807, 2.05) is 0 Å². The Morgan fingerprint density at radius 2 is 2.40 bits per heavy atom. The minimum absolute atomic E-state index is 0.364. The van der Waals surface area contributed by atoms with Crippen LogP contribution in [0.25, 0.3) is 0 Å². The normalized spacial score (nSPS) is 13.5. The summed E-state index contributed by atoms with van der Waals surface area (Å²) in [6.07, 6.45) is 2.00. The number of rotatable bonds is 3. The maximum absolute atomic E-state index is 10.5. The molecule has 0 saturated heterocycles. The highest BCUT2D eigenvalue weighted by Gasteiger charge is 1.93. The second-order valence-corrected chi connectivity index (χ2v) is 1.85. The number of hydrogen-bond acceptors (Lipinski definition) is 3. The molecule has 0 aliphatic heterocycles. The van der Waals surface area contributed by atoms with Crippen molar-refractivity contribution in [3.05, 3.63) is 12.2 Å². The topological polar surface area (TPSA) is 46.5 Å². The Kier molecular flexibility index (Phi) is 4.58. The molecule has 0 spiro atoms. The van der Waals surface area contributed by atoms with Gasteiger partial charge in [-0.15, -0.1) is 0 Å². The van der Waals surface area contributed by atoms with Gasteiger partial charge in [-0.3, -0.25) is 0 Å². The maximum atomic E-state index is 10.5. The largest absolute Gasteiger partial charge is 0.463 e. The molecule has 0 aromatic rings. The number of ether oxygens (including phenoxy) is 1. The molecule has 0 aromatic heterocycles. The summed E-state index contributed by atoms with van der Waals surface area (Å²) in [7, 11) is 0. The lowest BCUT2D eigenvalue weighted by molar-refractivity contribution is -0.137. The van der Waals surface area contributed by atoms with Crippen molar-refractivity contribution in [3.8, 4) is 0 Å². The molecule has 58 valence electrons. The van der Waals surface area contributed by atoms with E-state index >= 15 is 0 Å². The number of carbonyl (C=O) groups is 1. The van der Waals surface area contributed by atoms with Crippen molar-refractivity contribution in [3.63, 3.8) is 0 Å². The number of aliphatic hydroxyl groups is 1. The first kappa shape index (κ1) is 9.17. The van der Waals surface area contributed by atoms with E-state index in [4.69, 9.17) is 5.11 Å². The second kappa shape index (κ2) is 4.99. The van der Waals surface area contributed by atoms with E-state index in [0.717, 1.165) is 0 Å². The van der Waals surface area contributed by atoms with E-state index in [1.165, 1.54) is 12.2 Å². The van der Waals surface area contributed by atoms with Crippen molar-refractivity contribution in [1.29, 1.82) is 0 Å². The minimum Gasteiger partial charge on any atom is -0.463 e. The number of aliphatic hydroxyl groups excluding tert-OH is 1. The number of carbonyl (C=O) groups excluding carboxylic acids is 1. The van der Waals surface area contributed by atoms with Gasteiger partial charge in [0, 0.05) is 6.08 Å². The fraction of sp³-hybridized carbons (Fsp3) is 0.571. The minimum atomic E-state index is -0.593. The van der Waals surface area contributed by atoms with Crippen LogP contribution in [0.1, 0.15) is 13.8 Å². The van der Waals surface area contributed by atoms with Crippen LogP contribution >= 0.6 is 0 Å². The monoisotopic (exact) mass is 144 g/mol. The van der Waals surface area contributed by atoms with Crippen molar-refractivity contribution < 1.29 is 14.6 Å². The van der Waals surface area contributed by atoms with Crippen LogP contribution in [-0.4, -0.2) is 23.8 Å². The van der Waals surface area contributed by atoms with Gasteiger partial charge in [0.2, 0.25) is 0 Å². The summed E-state index contributed by atoms with van der Waals surface area (Å²) >= 11 is 0. The molecule has 0 aliphatic carbocycles. The highest BCUT2D eigenvalue weighted by atomic mass is 16.5. The summed E-state index contributed by atoms with van der Waals surface area (Å²) in [6, 6.07) is 0. The molecule has 3 nitrogen and oxygen atoms in total. The van der Waals surface area contributed by atoms with Crippen LogP contribution in [0, 0.1) is 0 Å². The van der Waals surface area contributed by atoms with Crippen molar-refractivity contribution in [1.82, 2.24) is 0 Å². The Labute approximate surface area is 60.3 Å². The molecule has 0 saturated carbocycles. The average molecular weight is 144 g/mol. The Balaban J connectivity index is 3.56. The van der Waals surface area contributed by atoms with Crippen molar-refractivity contribution >= 4 is 5.97 Å². The summed E-state index contributed by atoms with van der Waals surface area (Å²) in [5.41, 5.74) is 0. The van der Waals surface area contributed by atoms with E-state index in [-0.39, 0.29) is 0 Å². The summed E-state index contributed by atoms with van der Waals surface area (Å²) in [5.74, 6) is -0.414. The Morgan fingerprint density at radius 1 is 1.80 bits per heavy atom. The van der Waals surface area contributed by atoms with Gasteiger partial charge in [-0.2, -0.15) is 0 Å². The highest BCUT2D eigenvalue weighted by molar-refractivity contribution is 5.81. The summed E-state index contributed by atoms with van der Waals surface area (Å²) in [4.78, 5) is 10.5. The third-order valence-corrected chi connectivity index (χ3v) is 0.797. The smallest absolute Gasteiger partial charge is 0.330 e. The van der Waals surface area contributed by atoms with Gasteiger partial charge >= 0.3 is 5.97 Å². The molecule has 1 N–H and O–H groups in total. The Morgan fingerprint density at radius 3 is 2.80 bits per heavy atom. The van der Waals surface area contributed by atoms with E-state index in [9.17, 15) is 4.79 Å². The fourth-order valence-electron chi connectivity index (χ4n) is 0.408. The van der Waals surface area contributed by atoms with Gasteiger partial charge < -0.3 is 9.84 Å². The quantitative estimate of drug-likeness (QED) is 0.463. The molecule has 0 amide bonds. The first-order chi connectivity index (χ1) is 4.66. The van der Waals surface area contributed by atoms with Gasteiger partial charge in [0.05, 0.1) is 12.7 Å². The van der Waals surface area contributed by atoms with Crippen LogP contribution in [0.4, 0.5) is 0 Å². The molecular weight excluding hydrogens is 132 g/mol. The van der Waals surface area contributed by atoms with E-state index in [1.54, 1.807) is 13.8 Å². The zero-order valence-corrected chi connectivity index (χ0v) is 6.20. The molecule has 0 heterocycles. The first-order valence-corrected chi connectivity index (χ1v) is 3.19. The molecule has 0 radical (unpaired) electrons. The lowest BCUT2D eigenvalue weighted by Crippen LogP contribution is -2.01. The van der Waals surface area contributed by atoms with E-state index in [2.05, 4.69) is 4.74 Å². The Hall–Kier alpha value is -0.830. The van der Waals surface area contributed by atoms with Gasteiger partial charge in [-0.1, -0.05) is 0 Å². The highest BCUT2D eigenvalue weighted by Crippen LogP contribution is 1.85. The van der Waals surface area contributed by atoms with Crippen LogP contribution in [-0.2, 0) is 9.53 Å². The second-order valence-electron chi connectivity index (χ2n) is 1.85. The lowest BCUT2D eigenvalue weighted by Gasteiger charge is -1.95. The third kappa shape index (κ3) is 5.31. The van der Waals surface area contributed by atoms with Crippen molar-refractivity contribution in [2.45, 2.75) is 20.0 Å². The Bertz CT molecular complexity index is 127. The predicted molar refractivity (Wildman–Crippen MR) is 37.5 cm³/mol. The fourth-order valence-corrected chi connectivity index (χ4v) is 0.408. The predicted octanol–water partition coefficient (Wildman–Crippen LogP) is 0.486. The van der Waals surface area contributed by atoms with Gasteiger partial charge in [0.1, 0.15) is 0 Å². The van der Waals surface area contributed by atoms with Gasteiger partial charge in [0.15, 0.2) is 0 Å².